The molecule has 3 aliphatic rings. The van der Waals surface area contributed by atoms with Crippen molar-refractivity contribution in [3.63, 3.8) is 0 Å². The van der Waals surface area contributed by atoms with Crippen LogP contribution in [0.2, 0.25) is 0 Å². The molecule has 1 aromatic rings. The van der Waals surface area contributed by atoms with E-state index in [-0.39, 0.29) is 36.9 Å². The molecule has 2 saturated heterocycles. The van der Waals surface area contributed by atoms with Gasteiger partial charge in [-0.3, -0.25) is 19.5 Å². The lowest BCUT2D eigenvalue weighted by Gasteiger charge is -2.37. The maximum Gasteiger partial charge on any atom is 0.325 e. The molecule has 0 atom stereocenters. The first-order valence-corrected chi connectivity index (χ1v) is 12.0. The number of likely N-dealkylation sites (tertiary alicyclic amines) is 1. The van der Waals surface area contributed by atoms with Crippen molar-refractivity contribution in [1.29, 1.82) is 0 Å². The maximum absolute atomic E-state index is 12.9. The van der Waals surface area contributed by atoms with Crippen LogP contribution in [0.4, 0.5) is 4.79 Å². The number of piperidine rings is 1. The number of imide groups is 1. The number of nitrogens with one attached hydrogen (secondary N) is 1. The topological polar surface area (TPSA) is 85.8 Å². The van der Waals surface area contributed by atoms with Crippen LogP contribution in [-0.2, 0) is 16.0 Å². The lowest BCUT2D eigenvalue weighted by molar-refractivity contribution is -0.135. The Morgan fingerprint density at radius 2 is 1.91 bits per heavy atom. The van der Waals surface area contributed by atoms with Crippen molar-refractivity contribution in [2.24, 2.45) is 0 Å². The molecule has 0 bridgehead atoms. The van der Waals surface area contributed by atoms with Crippen molar-refractivity contribution >= 4 is 17.8 Å². The van der Waals surface area contributed by atoms with Crippen molar-refractivity contribution in [2.75, 3.05) is 33.2 Å². The third kappa shape index (κ3) is 4.95. The van der Waals surface area contributed by atoms with Gasteiger partial charge in [-0.2, -0.15) is 0 Å². The summed E-state index contributed by atoms with van der Waals surface area (Å²) in [6, 6.07) is 5.88. The number of pyridine rings is 1. The zero-order valence-corrected chi connectivity index (χ0v) is 19.1. The van der Waals surface area contributed by atoms with E-state index in [9.17, 15) is 14.4 Å². The van der Waals surface area contributed by atoms with Gasteiger partial charge in [-0.15, -0.1) is 0 Å². The van der Waals surface area contributed by atoms with Crippen LogP contribution in [0.5, 0.6) is 0 Å². The zero-order valence-electron chi connectivity index (χ0n) is 19.1. The standard InChI is InChI=1S/C24H35N5O3/c1-27(20-9-16-28(17-10-20)15-8-19-7-3-6-14-25-19)21(30)11-18-29-22(31)24(26-23(29)32)12-4-2-5-13-24/h3,6-7,14,20H,2,4-5,8-13,15-18H2,1H3,(H,26,32). The van der Waals surface area contributed by atoms with E-state index in [0.29, 0.717) is 12.8 Å². The van der Waals surface area contributed by atoms with E-state index in [4.69, 9.17) is 0 Å². The van der Waals surface area contributed by atoms with Gasteiger partial charge in [0.2, 0.25) is 5.91 Å². The molecule has 8 nitrogen and oxygen atoms in total. The summed E-state index contributed by atoms with van der Waals surface area (Å²) in [5, 5.41) is 2.92. The van der Waals surface area contributed by atoms with Gasteiger partial charge in [-0.05, 0) is 37.8 Å². The summed E-state index contributed by atoms with van der Waals surface area (Å²) in [6.45, 7) is 3.07. The second-order valence-corrected chi connectivity index (χ2v) is 9.43. The molecule has 1 aromatic heterocycles. The number of aromatic nitrogens is 1. The van der Waals surface area contributed by atoms with Gasteiger partial charge < -0.3 is 15.1 Å². The molecule has 4 rings (SSSR count). The molecule has 8 heteroatoms. The Kier molecular flexibility index (Phi) is 7.08. The fourth-order valence-electron chi connectivity index (χ4n) is 5.31. The number of carbonyl (C=O) groups is 3. The van der Waals surface area contributed by atoms with Gasteiger partial charge in [0, 0.05) is 64.0 Å². The molecule has 3 fully saturated rings. The molecule has 4 amide bonds. The summed E-state index contributed by atoms with van der Waals surface area (Å²) in [5.41, 5.74) is 0.393. The van der Waals surface area contributed by atoms with Crippen molar-refractivity contribution in [3.8, 4) is 0 Å². The van der Waals surface area contributed by atoms with E-state index in [0.717, 1.165) is 63.9 Å². The zero-order chi connectivity index (χ0) is 22.6. The normalized spacial score (nSPS) is 21.7. The first-order chi connectivity index (χ1) is 15.5. The summed E-state index contributed by atoms with van der Waals surface area (Å²) >= 11 is 0. The Morgan fingerprint density at radius 1 is 1.16 bits per heavy atom. The largest absolute Gasteiger partial charge is 0.343 e. The summed E-state index contributed by atoms with van der Waals surface area (Å²) in [7, 11) is 1.85. The predicted molar refractivity (Wildman–Crippen MR) is 121 cm³/mol. The van der Waals surface area contributed by atoms with Crippen molar-refractivity contribution < 1.29 is 14.4 Å². The highest BCUT2D eigenvalue weighted by molar-refractivity contribution is 6.07. The average molecular weight is 442 g/mol. The molecule has 1 aliphatic carbocycles. The molecule has 0 radical (unpaired) electrons. The summed E-state index contributed by atoms with van der Waals surface area (Å²) in [5.74, 6) is -0.138. The van der Waals surface area contributed by atoms with E-state index in [1.807, 2.05) is 30.3 Å². The number of rotatable bonds is 7. The molecule has 1 spiro atoms. The van der Waals surface area contributed by atoms with Gasteiger partial charge >= 0.3 is 6.03 Å². The third-order valence-electron chi connectivity index (χ3n) is 7.41. The number of hydrogen-bond donors (Lipinski definition) is 1. The van der Waals surface area contributed by atoms with Gasteiger partial charge in [0.15, 0.2) is 0 Å². The first-order valence-electron chi connectivity index (χ1n) is 12.0. The monoisotopic (exact) mass is 441 g/mol. The SMILES string of the molecule is CN(C(=O)CCN1C(=O)NC2(CCCCC2)C1=O)C1CCN(CCc2ccccn2)CC1. The number of amides is 4. The Bertz CT molecular complexity index is 816. The Labute approximate surface area is 190 Å². The minimum absolute atomic E-state index is 0.00197. The van der Waals surface area contributed by atoms with Gasteiger partial charge in [-0.1, -0.05) is 25.3 Å². The van der Waals surface area contributed by atoms with Crippen LogP contribution in [0.1, 0.15) is 57.1 Å². The fourth-order valence-corrected chi connectivity index (χ4v) is 5.31. The third-order valence-corrected chi connectivity index (χ3v) is 7.41. The second-order valence-electron chi connectivity index (χ2n) is 9.43. The van der Waals surface area contributed by atoms with Crippen molar-refractivity contribution in [3.05, 3.63) is 30.1 Å². The van der Waals surface area contributed by atoms with Crippen LogP contribution in [0, 0.1) is 0 Å². The molecule has 1 N–H and O–H groups in total. The van der Waals surface area contributed by atoms with E-state index in [1.165, 1.54) is 4.90 Å². The lowest BCUT2D eigenvalue weighted by Crippen LogP contribution is -2.48. The van der Waals surface area contributed by atoms with Crippen LogP contribution >= 0.6 is 0 Å². The van der Waals surface area contributed by atoms with Crippen LogP contribution in [0.25, 0.3) is 0 Å². The Hall–Kier alpha value is -2.48. The van der Waals surface area contributed by atoms with Crippen LogP contribution in [-0.4, -0.2) is 82.3 Å². The molecule has 32 heavy (non-hydrogen) atoms. The van der Waals surface area contributed by atoms with Crippen LogP contribution in [0.15, 0.2) is 24.4 Å². The molecular formula is C24H35N5O3. The fraction of sp³-hybridized carbons (Fsp3) is 0.667. The Morgan fingerprint density at radius 3 is 2.59 bits per heavy atom. The number of urea groups is 1. The minimum atomic E-state index is -0.716. The average Bonchev–Trinajstić information content (AvgIpc) is 3.05. The number of nitrogens with zero attached hydrogens (tertiary/aromatic N) is 4. The summed E-state index contributed by atoms with van der Waals surface area (Å²) < 4.78 is 0. The molecule has 2 aliphatic heterocycles. The van der Waals surface area contributed by atoms with E-state index in [2.05, 4.69) is 21.3 Å². The molecule has 1 saturated carbocycles. The second kappa shape index (κ2) is 9.98. The van der Waals surface area contributed by atoms with Gasteiger partial charge in [0.1, 0.15) is 5.54 Å². The first kappa shape index (κ1) is 22.7. The van der Waals surface area contributed by atoms with Crippen LogP contribution in [0.3, 0.4) is 0 Å². The number of carbonyl (C=O) groups excluding carboxylic acids is 3. The summed E-state index contributed by atoms with van der Waals surface area (Å²) in [6.07, 6.45) is 9.28. The van der Waals surface area contributed by atoms with Gasteiger partial charge in [0.05, 0.1) is 0 Å². The highest BCUT2D eigenvalue weighted by atomic mass is 16.2. The van der Waals surface area contributed by atoms with Crippen molar-refractivity contribution in [1.82, 2.24) is 25.0 Å². The molecule has 0 aromatic carbocycles. The van der Waals surface area contributed by atoms with Gasteiger partial charge in [-0.25, -0.2) is 4.79 Å². The highest BCUT2D eigenvalue weighted by Crippen LogP contribution is 2.33. The highest BCUT2D eigenvalue weighted by Gasteiger charge is 2.51. The lowest BCUT2D eigenvalue weighted by atomic mass is 9.82. The molecule has 0 unspecified atom stereocenters. The quantitative estimate of drug-likeness (QED) is 0.656. The van der Waals surface area contributed by atoms with E-state index < -0.39 is 5.54 Å². The molecule has 3 heterocycles. The Balaban J connectivity index is 1.21. The summed E-state index contributed by atoms with van der Waals surface area (Å²) in [4.78, 5) is 48.0. The van der Waals surface area contributed by atoms with E-state index >= 15 is 0 Å². The maximum atomic E-state index is 12.9. The van der Waals surface area contributed by atoms with E-state index in [1.54, 1.807) is 0 Å². The van der Waals surface area contributed by atoms with Gasteiger partial charge in [0.25, 0.3) is 5.91 Å². The molecule has 174 valence electrons. The van der Waals surface area contributed by atoms with Crippen molar-refractivity contribution in [2.45, 2.75) is 69.4 Å². The minimum Gasteiger partial charge on any atom is -0.343 e. The predicted octanol–water partition coefficient (Wildman–Crippen LogP) is 2.19. The molecular weight excluding hydrogens is 406 g/mol. The number of hydrogen-bond acceptors (Lipinski definition) is 5. The smallest absolute Gasteiger partial charge is 0.325 e. The van der Waals surface area contributed by atoms with Crippen LogP contribution < -0.4 is 5.32 Å².